The zero-order chi connectivity index (χ0) is 17.7. The van der Waals surface area contributed by atoms with E-state index in [1.165, 1.54) is 24.0 Å². The van der Waals surface area contributed by atoms with Crippen molar-refractivity contribution in [1.29, 1.82) is 0 Å². The Labute approximate surface area is 149 Å². The summed E-state index contributed by atoms with van der Waals surface area (Å²) in [6.45, 7) is 1.13. The Hall–Kier alpha value is -2.11. The first-order chi connectivity index (χ1) is 11.4. The molecule has 0 atom stereocenters. The molecular weight excluding hydrogens is 354 g/mol. The summed E-state index contributed by atoms with van der Waals surface area (Å²) in [7, 11) is 0. The summed E-state index contributed by atoms with van der Waals surface area (Å²) in [5.41, 5.74) is 0.804. The fourth-order valence-electron chi connectivity index (χ4n) is 2.06. The highest BCUT2D eigenvalue weighted by molar-refractivity contribution is 6.42. The van der Waals surface area contributed by atoms with Gasteiger partial charge in [-0.2, -0.15) is 0 Å². The second-order valence-electron chi connectivity index (χ2n) is 5.14. The lowest BCUT2D eigenvalue weighted by molar-refractivity contribution is -0.133. The summed E-state index contributed by atoms with van der Waals surface area (Å²) < 4.78 is 13.7. The molecule has 7 heteroatoms. The number of carbonyl (C=O) groups is 2. The lowest BCUT2D eigenvalue weighted by Crippen LogP contribution is -2.36. The molecule has 0 radical (unpaired) electrons. The molecule has 24 heavy (non-hydrogen) atoms. The molecule has 0 aliphatic rings. The number of anilines is 1. The SMILES string of the molecule is CC(=O)N(CC(=O)Nc1ccc(Cl)c(Cl)c1)Cc1ccccc1F. The van der Waals surface area contributed by atoms with E-state index in [4.69, 9.17) is 23.2 Å². The average molecular weight is 369 g/mol. The molecule has 0 fully saturated rings. The maximum Gasteiger partial charge on any atom is 0.244 e. The van der Waals surface area contributed by atoms with Crippen LogP contribution in [-0.4, -0.2) is 23.3 Å². The third-order valence-corrected chi connectivity index (χ3v) is 4.04. The second-order valence-corrected chi connectivity index (χ2v) is 5.96. The molecule has 2 rings (SSSR count). The van der Waals surface area contributed by atoms with Crippen LogP contribution in [0.15, 0.2) is 42.5 Å². The van der Waals surface area contributed by atoms with Crippen molar-refractivity contribution in [3.05, 3.63) is 63.9 Å². The van der Waals surface area contributed by atoms with E-state index in [0.717, 1.165) is 0 Å². The van der Waals surface area contributed by atoms with E-state index in [1.54, 1.807) is 30.3 Å². The predicted octanol–water partition coefficient (Wildman–Crippen LogP) is 4.12. The van der Waals surface area contributed by atoms with Gasteiger partial charge < -0.3 is 10.2 Å². The molecule has 0 aromatic heterocycles. The van der Waals surface area contributed by atoms with E-state index < -0.39 is 11.7 Å². The summed E-state index contributed by atoms with van der Waals surface area (Å²) in [5.74, 6) is -1.17. The van der Waals surface area contributed by atoms with Crippen LogP contribution in [0.4, 0.5) is 10.1 Å². The standard InChI is InChI=1S/C17H15Cl2FN2O2/c1-11(23)22(9-12-4-2-3-5-16(12)20)10-17(24)21-13-6-7-14(18)15(19)8-13/h2-8H,9-10H2,1H3,(H,21,24). The molecule has 0 saturated heterocycles. The van der Waals surface area contributed by atoms with Crippen LogP contribution in [-0.2, 0) is 16.1 Å². The van der Waals surface area contributed by atoms with Gasteiger partial charge in [-0.25, -0.2) is 4.39 Å². The molecule has 2 amide bonds. The number of carbonyl (C=O) groups excluding carboxylic acids is 2. The van der Waals surface area contributed by atoms with Gasteiger partial charge in [-0.3, -0.25) is 9.59 Å². The number of hydrogen-bond acceptors (Lipinski definition) is 2. The number of nitrogens with zero attached hydrogens (tertiary/aromatic N) is 1. The maximum atomic E-state index is 13.7. The summed E-state index contributed by atoms with van der Waals surface area (Å²) in [5, 5.41) is 3.31. The molecule has 4 nitrogen and oxygen atoms in total. The maximum absolute atomic E-state index is 13.7. The Bertz CT molecular complexity index is 768. The minimum atomic E-state index is -0.423. The van der Waals surface area contributed by atoms with Crippen molar-refractivity contribution in [2.75, 3.05) is 11.9 Å². The first-order valence-electron chi connectivity index (χ1n) is 7.10. The zero-order valence-electron chi connectivity index (χ0n) is 12.9. The number of benzene rings is 2. The van der Waals surface area contributed by atoms with Crippen LogP contribution in [0, 0.1) is 5.82 Å². The average Bonchev–Trinajstić information content (AvgIpc) is 2.52. The quantitative estimate of drug-likeness (QED) is 0.862. The third-order valence-electron chi connectivity index (χ3n) is 3.30. The lowest BCUT2D eigenvalue weighted by Gasteiger charge is -2.21. The number of halogens is 3. The van der Waals surface area contributed by atoms with E-state index in [1.807, 2.05) is 0 Å². The van der Waals surface area contributed by atoms with E-state index in [0.29, 0.717) is 21.3 Å². The Balaban J connectivity index is 2.04. The first-order valence-corrected chi connectivity index (χ1v) is 7.86. The zero-order valence-corrected chi connectivity index (χ0v) is 14.4. The van der Waals surface area contributed by atoms with Gasteiger partial charge in [0.15, 0.2) is 0 Å². The third kappa shape index (κ3) is 4.94. The highest BCUT2D eigenvalue weighted by Gasteiger charge is 2.16. The van der Waals surface area contributed by atoms with E-state index in [9.17, 15) is 14.0 Å². The van der Waals surface area contributed by atoms with Gasteiger partial charge in [0.25, 0.3) is 0 Å². The number of rotatable bonds is 5. The van der Waals surface area contributed by atoms with E-state index in [-0.39, 0.29) is 19.0 Å². The molecule has 1 N–H and O–H groups in total. The molecule has 2 aromatic carbocycles. The van der Waals surface area contributed by atoms with Gasteiger partial charge >= 0.3 is 0 Å². The van der Waals surface area contributed by atoms with Gasteiger partial charge in [0.05, 0.1) is 10.0 Å². The van der Waals surface area contributed by atoms with Gasteiger partial charge in [-0.1, -0.05) is 41.4 Å². The topological polar surface area (TPSA) is 49.4 Å². The first kappa shape index (κ1) is 18.2. The van der Waals surface area contributed by atoms with Crippen LogP contribution in [0.2, 0.25) is 10.0 Å². The highest BCUT2D eigenvalue weighted by atomic mass is 35.5. The van der Waals surface area contributed by atoms with Crippen LogP contribution in [0.25, 0.3) is 0 Å². The molecule has 0 aliphatic carbocycles. The van der Waals surface area contributed by atoms with Crippen molar-refractivity contribution < 1.29 is 14.0 Å². The highest BCUT2D eigenvalue weighted by Crippen LogP contribution is 2.25. The molecule has 0 aliphatic heterocycles. The number of amides is 2. The monoisotopic (exact) mass is 368 g/mol. The molecule has 0 heterocycles. The fraction of sp³-hybridized carbons (Fsp3) is 0.176. The van der Waals surface area contributed by atoms with Crippen molar-refractivity contribution in [2.45, 2.75) is 13.5 Å². The van der Waals surface area contributed by atoms with Crippen LogP contribution >= 0.6 is 23.2 Å². The smallest absolute Gasteiger partial charge is 0.244 e. The summed E-state index contributed by atoms with van der Waals surface area (Å²) in [6, 6.07) is 10.8. The predicted molar refractivity (Wildman–Crippen MR) is 92.6 cm³/mol. The normalized spacial score (nSPS) is 10.3. The Morgan fingerprint density at radius 3 is 2.46 bits per heavy atom. The summed E-state index contributed by atoms with van der Waals surface area (Å²) in [6.07, 6.45) is 0. The lowest BCUT2D eigenvalue weighted by atomic mass is 10.2. The van der Waals surface area contributed by atoms with Crippen LogP contribution in [0.5, 0.6) is 0 Å². The molecule has 126 valence electrons. The van der Waals surface area contributed by atoms with Gasteiger partial charge in [0.2, 0.25) is 11.8 Å². The second kappa shape index (κ2) is 8.13. The van der Waals surface area contributed by atoms with Crippen molar-refractivity contribution in [3.63, 3.8) is 0 Å². The Morgan fingerprint density at radius 2 is 1.83 bits per heavy atom. The molecule has 0 unspecified atom stereocenters. The summed E-state index contributed by atoms with van der Waals surface area (Å²) in [4.78, 5) is 25.1. The Morgan fingerprint density at radius 1 is 1.12 bits per heavy atom. The number of hydrogen-bond donors (Lipinski definition) is 1. The molecular formula is C17H15Cl2FN2O2. The van der Waals surface area contributed by atoms with Crippen LogP contribution < -0.4 is 5.32 Å². The van der Waals surface area contributed by atoms with Gasteiger partial charge in [0.1, 0.15) is 12.4 Å². The molecule has 0 saturated carbocycles. The van der Waals surface area contributed by atoms with Crippen LogP contribution in [0.1, 0.15) is 12.5 Å². The Kier molecular flexibility index (Phi) is 6.17. The van der Waals surface area contributed by atoms with Crippen LogP contribution in [0.3, 0.4) is 0 Å². The van der Waals surface area contributed by atoms with Gasteiger partial charge in [0, 0.05) is 24.7 Å². The molecule has 0 bridgehead atoms. The summed E-state index contributed by atoms with van der Waals surface area (Å²) >= 11 is 11.7. The number of nitrogens with one attached hydrogen (secondary N) is 1. The minimum absolute atomic E-state index is 0.0107. The van der Waals surface area contributed by atoms with Crippen molar-refractivity contribution >= 4 is 40.7 Å². The van der Waals surface area contributed by atoms with E-state index >= 15 is 0 Å². The van der Waals surface area contributed by atoms with Crippen molar-refractivity contribution in [3.8, 4) is 0 Å². The molecule has 0 spiro atoms. The van der Waals surface area contributed by atoms with E-state index in [2.05, 4.69) is 5.32 Å². The largest absolute Gasteiger partial charge is 0.329 e. The van der Waals surface area contributed by atoms with Crippen molar-refractivity contribution in [1.82, 2.24) is 4.90 Å². The van der Waals surface area contributed by atoms with Gasteiger partial charge in [-0.15, -0.1) is 0 Å². The molecule has 2 aromatic rings. The fourth-order valence-corrected chi connectivity index (χ4v) is 2.36. The van der Waals surface area contributed by atoms with Gasteiger partial charge in [-0.05, 0) is 24.3 Å². The minimum Gasteiger partial charge on any atom is -0.329 e. The van der Waals surface area contributed by atoms with Crippen molar-refractivity contribution in [2.24, 2.45) is 0 Å².